The highest BCUT2D eigenvalue weighted by Crippen LogP contribution is 2.15. The molecule has 70 valence electrons. The number of nitrogens with zero attached hydrogens (tertiary/aromatic N) is 1. The average Bonchev–Trinajstić information content (AvgIpc) is 2.17. The summed E-state index contributed by atoms with van der Waals surface area (Å²) < 4.78 is 30.6. The lowest BCUT2D eigenvalue weighted by atomic mass is 10.4. The molecule has 2 nitrogen and oxygen atoms in total. The Kier molecular flexibility index (Phi) is 3.91. The van der Waals surface area contributed by atoms with Crippen LogP contribution in [0, 0.1) is 0 Å². The van der Waals surface area contributed by atoms with Gasteiger partial charge in [-0.25, -0.2) is 8.78 Å². The third kappa shape index (κ3) is 2.40. The van der Waals surface area contributed by atoms with Crippen LogP contribution in [0.1, 0.15) is 0 Å². The molecule has 0 spiro atoms. The van der Waals surface area contributed by atoms with Crippen LogP contribution in [-0.4, -0.2) is 37.5 Å². The average molecular weight is 198 g/mol. The van der Waals surface area contributed by atoms with E-state index in [1.54, 1.807) is 0 Å². The molecule has 0 bridgehead atoms. The second-order valence-electron chi connectivity index (χ2n) is 2.48. The topological polar surface area (TPSA) is 12.5 Å². The second kappa shape index (κ2) is 4.74. The van der Waals surface area contributed by atoms with E-state index in [1.807, 2.05) is 0 Å². The van der Waals surface area contributed by atoms with Crippen LogP contribution in [0.2, 0.25) is 0 Å². The predicted molar refractivity (Wildman–Crippen MR) is 42.3 cm³/mol. The molecule has 0 aromatic carbocycles. The minimum Gasteiger partial charge on any atom is -0.379 e. The van der Waals surface area contributed by atoms with Crippen molar-refractivity contribution in [1.82, 2.24) is 4.90 Å². The predicted octanol–water partition coefficient (Wildman–Crippen LogP) is 1.66. The maximum absolute atomic E-state index is 13.0. The Morgan fingerprint density at radius 2 is 2.08 bits per heavy atom. The van der Waals surface area contributed by atoms with Gasteiger partial charge < -0.3 is 4.74 Å². The molecule has 1 atom stereocenters. The summed E-state index contributed by atoms with van der Waals surface area (Å²) in [6.45, 7) is 1.69. The van der Waals surface area contributed by atoms with Crippen LogP contribution >= 0.6 is 11.6 Å². The monoisotopic (exact) mass is 197 g/mol. The number of alkyl halides is 1. The standard InChI is InChI=1S/C7H10ClF2NO/c8-5-6(9)7(10)11-1-3-12-4-2-11/h5,7H,1-4H2/b6-5-. The number of morpholine rings is 1. The zero-order chi connectivity index (χ0) is 8.97. The van der Waals surface area contributed by atoms with Gasteiger partial charge in [-0.15, -0.1) is 0 Å². The second-order valence-corrected chi connectivity index (χ2v) is 2.70. The largest absolute Gasteiger partial charge is 0.379 e. The van der Waals surface area contributed by atoms with Crippen molar-refractivity contribution in [1.29, 1.82) is 0 Å². The van der Waals surface area contributed by atoms with Gasteiger partial charge in [-0.1, -0.05) is 11.6 Å². The van der Waals surface area contributed by atoms with Gasteiger partial charge in [0.25, 0.3) is 0 Å². The van der Waals surface area contributed by atoms with E-state index in [-0.39, 0.29) is 0 Å². The van der Waals surface area contributed by atoms with E-state index in [0.29, 0.717) is 31.8 Å². The fourth-order valence-corrected chi connectivity index (χ4v) is 1.13. The normalized spacial score (nSPS) is 24.1. The van der Waals surface area contributed by atoms with Crippen LogP contribution in [0.15, 0.2) is 11.4 Å². The molecule has 1 unspecified atom stereocenters. The zero-order valence-corrected chi connectivity index (χ0v) is 7.23. The molecular weight excluding hydrogens is 188 g/mol. The lowest BCUT2D eigenvalue weighted by Gasteiger charge is -2.28. The van der Waals surface area contributed by atoms with Crippen molar-refractivity contribution >= 4 is 11.6 Å². The summed E-state index contributed by atoms with van der Waals surface area (Å²) in [7, 11) is 0. The number of halogens is 3. The van der Waals surface area contributed by atoms with Crippen LogP contribution in [0.5, 0.6) is 0 Å². The number of rotatable bonds is 2. The summed E-state index contributed by atoms with van der Waals surface area (Å²) in [4.78, 5) is 1.34. The van der Waals surface area contributed by atoms with Crippen molar-refractivity contribution in [2.45, 2.75) is 6.30 Å². The molecule has 0 amide bonds. The number of hydrogen-bond donors (Lipinski definition) is 0. The first-order chi connectivity index (χ1) is 5.75. The molecule has 1 rings (SSSR count). The Bertz CT molecular complexity index is 171. The lowest BCUT2D eigenvalue weighted by molar-refractivity contribution is -0.0140. The minimum absolute atomic E-state index is 0.402. The van der Waals surface area contributed by atoms with E-state index in [0.717, 1.165) is 0 Å². The van der Waals surface area contributed by atoms with E-state index < -0.39 is 12.1 Å². The Balaban J connectivity index is 2.44. The highest BCUT2D eigenvalue weighted by molar-refractivity contribution is 6.25. The van der Waals surface area contributed by atoms with Crippen molar-refractivity contribution in [3.63, 3.8) is 0 Å². The highest BCUT2D eigenvalue weighted by Gasteiger charge is 2.23. The number of ether oxygens (including phenoxy) is 1. The maximum atomic E-state index is 13.0. The first kappa shape index (κ1) is 9.89. The Hall–Kier alpha value is -0.190. The van der Waals surface area contributed by atoms with Gasteiger partial charge in [0.1, 0.15) is 0 Å². The molecule has 1 fully saturated rings. The molecular formula is C7H10ClF2NO. The molecule has 0 radical (unpaired) electrons. The van der Waals surface area contributed by atoms with Crippen molar-refractivity contribution in [2.24, 2.45) is 0 Å². The van der Waals surface area contributed by atoms with Gasteiger partial charge in [-0.05, 0) is 0 Å². The molecule has 0 aromatic rings. The summed E-state index contributed by atoms with van der Waals surface area (Å²) in [5.41, 5.74) is 0.625. The summed E-state index contributed by atoms with van der Waals surface area (Å²) in [5, 5.41) is 0. The molecule has 5 heteroatoms. The molecule has 0 saturated carbocycles. The summed E-state index contributed by atoms with van der Waals surface area (Å²) in [6.07, 6.45) is -1.72. The molecule has 0 aromatic heterocycles. The quantitative estimate of drug-likeness (QED) is 0.625. The van der Waals surface area contributed by atoms with E-state index >= 15 is 0 Å². The zero-order valence-electron chi connectivity index (χ0n) is 6.47. The molecule has 0 aliphatic carbocycles. The van der Waals surface area contributed by atoms with Gasteiger partial charge in [0, 0.05) is 18.6 Å². The van der Waals surface area contributed by atoms with E-state index in [1.165, 1.54) is 4.90 Å². The Morgan fingerprint density at radius 3 is 2.58 bits per heavy atom. The first-order valence-corrected chi connectivity index (χ1v) is 4.11. The lowest BCUT2D eigenvalue weighted by Crippen LogP contribution is -2.41. The van der Waals surface area contributed by atoms with Crippen LogP contribution in [-0.2, 0) is 4.74 Å². The van der Waals surface area contributed by atoms with Gasteiger partial charge >= 0.3 is 0 Å². The van der Waals surface area contributed by atoms with Crippen LogP contribution in [0.4, 0.5) is 8.78 Å². The van der Waals surface area contributed by atoms with Crippen molar-refractivity contribution in [2.75, 3.05) is 26.3 Å². The van der Waals surface area contributed by atoms with Gasteiger partial charge in [-0.3, -0.25) is 4.90 Å². The molecule has 1 heterocycles. The smallest absolute Gasteiger partial charge is 0.206 e. The SMILES string of the molecule is F/C(=C\Cl)C(F)N1CCOCC1. The number of hydrogen-bond acceptors (Lipinski definition) is 2. The fourth-order valence-electron chi connectivity index (χ4n) is 1.03. The fraction of sp³-hybridized carbons (Fsp3) is 0.714. The maximum Gasteiger partial charge on any atom is 0.206 e. The van der Waals surface area contributed by atoms with Gasteiger partial charge in [0.15, 0.2) is 5.83 Å². The summed E-state index contributed by atoms with van der Waals surface area (Å²) >= 11 is 5.03. The third-order valence-electron chi connectivity index (χ3n) is 1.70. The summed E-state index contributed by atoms with van der Waals surface area (Å²) in [5.74, 6) is -0.946. The van der Waals surface area contributed by atoms with Crippen molar-refractivity contribution in [3.05, 3.63) is 11.4 Å². The van der Waals surface area contributed by atoms with E-state index in [4.69, 9.17) is 16.3 Å². The van der Waals surface area contributed by atoms with Crippen LogP contribution in [0.25, 0.3) is 0 Å². The van der Waals surface area contributed by atoms with Crippen molar-refractivity contribution < 1.29 is 13.5 Å². The van der Waals surface area contributed by atoms with Gasteiger partial charge in [0.05, 0.1) is 13.2 Å². The molecule has 1 saturated heterocycles. The molecule has 12 heavy (non-hydrogen) atoms. The van der Waals surface area contributed by atoms with Crippen LogP contribution < -0.4 is 0 Å². The van der Waals surface area contributed by atoms with Gasteiger partial charge in [-0.2, -0.15) is 0 Å². The Labute approximate surface area is 74.7 Å². The molecule has 1 aliphatic rings. The van der Waals surface area contributed by atoms with E-state index in [9.17, 15) is 8.78 Å². The first-order valence-electron chi connectivity index (χ1n) is 3.67. The summed E-state index contributed by atoms with van der Waals surface area (Å²) in [6, 6.07) is 0. The molecule has 0 N–H and O–H groups in total. The molecule has 1 aliphatic heterocycles. The minimum atomic E-state index is -1.72. The third-order valence-corrected chi connectivity index (χ3v) is 1.91. The van der Waals surface area contributed by atoms with Crippen molar-refractivity contribution in [3.8, 4) is 0 Å². The van der Waals surface area contributed by atoms with Crippen LogP contribution in [0.3, 0.4) is 0 Å². The highest BCUT2D eigenvalue weighted by atomic mass is 35.5. The Morgan fingerprint density at radius 1 is 1.50 bits per heavy atom. The van der Waals surface area contributed by atoms with E-state index in [2.05, 4.69) is 0 Å². The van der Waals surface area contributed by atoms with Gasteiger partial charge in [0.2, 0.25) is 6.30 Å².